The third-order valence-electron chi connectivity index (χ3n) is 2.63. The Morgan fingerprint density at radius 2 is 2.27 bits per heavy atom. The second-order valence-electron chi connectivity index (χ2n) is 4.19. The van der Waals surface area contributed by atoms with Crippen LogP contribution in [0.2, 0.25) is 0 Å². The van der Waals surface area contributed by atoms with Crippen LogP contribution in [0.1, 0.15) is 32.6 Å². The summed E-state index contributed by atoms with van der Waals surface area (Å²) >= 11 is 0. The fraction of sp³-hybridized carbons (Fsp3) is 0.909. The summed E-state index contributed by atoms with van der Waals surface area (Å²) < 4.78 is 0. The van der Waals surface area contributed by atoms with E-state index in [1.807, 2.05) is 0 Å². The molecule has 88 valence electrons. The molecule has 0 aromatic carbocycles. The van der Waals surface area contributed by atoms with Gasteiger partial charge in [0.1, 0.15) is 0 Å². The van der Waals surface area contributed by atoms with Crippen LogP contribution in [0.3, 0.4) is 0 Å². The van der Waals surface area contributed by atoms with Crippen LogP contribution < -0.4 is 11.1 Å². The highest BCUT2D eigenvalue weighted by molar-refractivity contribution is 5.78. The number of hydrogen-bond donors (Lipinski definition) is 2. The van der Waals surface area contributed by atoms with Gasteiger partial charge in [0.15, 0.2) is 0 Å². The molecule has 1 saturated carbocycles. The molecule has 0 heterocycles. The topological polar surface area (TPSA) is 58.4 Å². The van der Waals surface area contributed by atoms with Crippen molar-refractivity contribution in [2.75, 3.05) is 26.2 Å². The normalized spacial score (nSPS) is 15.7. The minimum Gasteiger partial charge on any atom is -0.355 e. The van der Waals surface area contributed by atoms with Gasteiger partial charge in [-0.2, -0.15) is 0 Å². The van der Waals surface area contributed by atoms with E-state index in [-0.39, 0.29) is 5.91 Å². The van der Waals surface area contributed by atoms with Gasteiger partial charge in [-0.25, -0.2) is 0 Å². The fourth-order valence-electron chi connectivity index (χ4n) is 1.63. The molecule has 0 aromatic heterocycles. The van der Waals surface area contributed by atoms with Crippen LogP contribution in [0.15, 0.2) is 0 Å². The van der Waals surface area contributed by atoms with Gasteiger partial charge in [-0.15, -0.1) is 0 Å². The highest BCUT2D eigenvalue weighted by Gasteiger charge is 2.29. The van der Waals surface area contributed by atoms with Gasteiger partial charge >= 0.3 is 0 Å². The Kier molecular flexibility index (Phi) is 5.65. The molecule has 1 aliphatic carbocycles. The van der Waals surface area contributed by atoms with Crippen molar-refractivity contribution >= 4 is 5.91 Å². The molecule has 15 heavy (non-hydrogen) atoms. The van der Waals surface area contributed by atoms with Crippen molar-refractivity contribution in [3.63, 3.8) is 0 Å². The molecule has 0 spiro atoms. The van der Waals surface area contributed by atoms with Crippen molar-refractivity contribution in [1.29, 1.82) is 0 Å². The maximum atomic E-state index is 11.5. The SMILES string of the molecule is CCCNC(=O)CN(CCCN)C1CC1. The molecule has 0 bridgehead atoms. The first kappa shape index (κ1) is 12.5. The summed E-state index contributed by atoms with van der Waals surface area (Å²) in [5.74, 6) is 0.153. The van der Waals surface area contributed by atoms with Crippen molar-refractivity contribution in [2.45, 2.75) is 38.6 Å². The highest BCUT2D eigenvalue weighted by atomic mass is 16.2. The van der Waals surface area contributed by atoms with Gasteiger partial charge < -0.3 is 11.1 Å². The quantitative estimate of drug-likeness (QED) is 0.611. The maximum absolute atomic E-state index is 11.5. The van der Waals surface area contributed by atoms with E-state index in [1.54, 1.807) is 0 Å². The fourth-order valence-corrected chi connectivity index (χ4v) is 1.63. The molecule has 0 unspecified atom stereocenters. The molecule has 0 aromatic rings. The molecule has 1 amide bonds. The first-order chi connectivity index (χ1) is 7.27. The lowest BCUT2D eigenvalue weighted by Crippen LogP contribution is -2.39. The zero-order valence-corrected chi connectivity index (χ0v) is 9.67. The minimum atomic E-state index is 0.153. The molecule has 4 nitrogen and oxygen atoms in total. The van der Waals surface area contributed by atoms with Gasteiger partial charge in [0.05, 0.1) is 6.54 Å². The Labute approximate surface area is 92.2 Å². The van der Waals surface area contributed by atoms with Crippen LogP contribution in [-0.2, 0) is 4.79 Å². The van der Waals surface area contributed by atoms with Crippen LogP contribution in [0.5, 0.6) is 0 Å². The Morgan fingerprint density at radius 3 is 2.80 bits per heavy atom. The molecule has 0 aliphatic heterocycles. The monoisotopic (exact) mass is 213 g/mol. The van der Waals surface area contributed by atoms with E-state index in [4.69, 9.17) is 5.73 Å². The lowest BCUT2D eigenvalue weighted by Gasteiger charge is -2.20. The van der Waals surface area contributed by atoms with Crippen molar-refractivity contribution in [2.24, 2.45) is 5.73 Å². The summed E-state index contributed by atoms with van der Waals surface area (Å²) in [5.41, 5.74) is 5.48. The summed E-state index contributed by atoms with van der Waals surface area (Å²) in [7, 11) is 0. The summed E-state index contributed by atoms with van der Waals surface area (Å²) in [6.45, 7) is 5.06. The van der Waals surface area contributed by atoms with Crippen molar-refractivity contribution < 1.29 is 4.79 Å². The Bertz CT molecular complexity index is 192. The van der Waals surface area contributed by atoms with E-state index < -0.39 is 0 Å². The molecule has 3 N–H and O–H groups in total. The number of amides is 1. The van der Waals surface area contributed by atoms with Gasteiger partial charge in [0.2, 0.25) is 5.91 Å². The predicted molar refractivity (Wildman–Crippen MR) is 61.6 cm³/mol. The van der Waals surface area contributed by atoms with E-state index >= 15 is 0 Å². The largest absolute Gasteiger partial charge is 0.355 e. The summed E-state index contributed by atoms with van der Waals surface area (Å²) in [6, 6.07) is 0.643. The van der Waals surface area contributed by atoms with Crippen molar-refractivity contribution in [1.82, 2.24) is 10.2 Å². The lowest BCUT2D eigenvalue weighted by atomic mass is 10.3. The standard InChI is InChI=1S/C11H23N3O/c1-2-7-13-11(15)9-14(8-3-6-12)10-4-5-10/h10H,2-9,12H2,1H3,(H,13,15). The molecule has 1 rings (SSSR count). The van der Waals surface area contributed by atoms with Crippen molar-refractivity contribution in [3.05, 3.63) is 0 Å². The van der Waals surface area contributed by atoms with Gasteiger partial charge in [-0.05, 0) is 32.2 Å². The molecule has 0 atom stereocenters. The van der Waals surface area contributed by atoms with Gasteiger partial charge in [0, 0.05) is 19.1 Å². The summed E-state index contributed by atoms with van der Waals surface area (Å²) in [6.07, 6.45) is 4.47. The number of nitrogens with two attached hydrogens (primary N) is 1. The lowest BCUT2D eigenvalue weighted by molar-refractivity contribution is -0.122. The molecule has 1 aliphatic rings. The number of hydrogen-bond acceptors (Lipinski definition) is 3. The number of carbonyl (C=O) groups excluding carboxylic acids is 1. The molecule has 0 radical (unpaired) electrons. The van der Waals surface area contributed by atoms with Crippen LogP contribution in [0.4, 0.5) is 0 Å². The summed E-state index contributed by atoms with van der Waals surface area (Å²) in [4.78, 5) is 13.8. The second kappa shape index (κ2) is 6.80. The zero-order valence-electron chi connectivity index (χ0n) is 9.67. The predicted octanol–water partition coefficient (Wildman–Crippen LogP) is 0.326. The molecule has 1 fully saturated rings. The average Bonchev–Trinajstić information content (AvgIpc) is 3.04. The maximum Gasteiger partial charge on any atom is 0.234 e. The number of nitrogens with zero attached hydrogens (tertiary/aromatic N) is 1. The number of rotatable bonds is 8. The van der Waals surface area contributed by atoms with E-state index in [9.17, 15) is 4.79 Å². The number of carbonyl (C=O) groups is 1. The van der Waals surface area contributed by atoms with Gasteiger partial charge in [-0.1, -0.05) is 6.92 Å². The van der Waals surface area contributed by atoms with Crippen LogP contribution in [0.25, 0.3) is 0 Å². The Morgan fingerprint density at radius 1 is 1.53 bits per heavy atom. The second-order valence-corrected chi connectivity index (χ2v) is 4.19. The van der Waals surface area contributed by atoms with E-state index in [2.05, 4.69) is 17.1 Å². The smallest absolute Gasteiger partial charge is 0.234 e. The Hall–Kier alpha value is -0.610. The van der Waals surface area contributed by atoms with E-state index in [0.717, 1.165) is 25.9 Å². The van der Waals surface area contributed by atoms with Crippen LogP contribution in [-0.4, -0.2) is 43.0 Å². The first-order valence-electron chi connectivity index (χ1n) is 5.98. The molecule has 4 heteroatoms. The number of nitrogens with one attached hydrogen (secondary N) is 1. The zero-order chi connectivity index (χ0) is 11.1. The molecular formula is C11H23N3O. The van der Waals surface area contributed by atoms with Crippen LogP contribution in [0, 0.1) is 0 Å². The third kappa shape index (κ3) is 5.14. The van der Waals surface area contributed by atoms with E-state index in [1.165, 1.54) is 12.8 Å². The third-order valence-corrected chi connectivity index (χ3v) is 2.63. The molecular weight excluding hydrogens is 190 g/mol. The van der Waals surface area contributed by atoms with Gasteiger partial charge in [0.25, 0.3) is 0 Å². The van der Waals surface area contributed by atoms with E-state index in [0.29, 0.717) is 19.1 Å². The van der Waals surface area contributed by atoms with Crippen molar-refractivity contribution in [3.8, 4) is 0 Å². The minimum absolute atomic E-state index is 0.153. The highest BCUT2D eigenvalue weighted by Crippen LogP contribution is 2.26. The average molecular weight is 213 g/mol. The Balaban J connectivity index is 2.20. The first-order valence-corrected chi connectivity index (χ1v) is 5.98. The summed E-state index contributed by atoms with van der Waals surface area (Å²) in [5, 5.41) is 2.91. The van der Waals surface area contributed by atoms with Crippen LogP contribution >= 0.6 is 0 Å². The molecule has 0 saturated heterocycles. The van der Waals surface area contributed by atoms with Gasteiger partial charge in [-0.3, -0.25) is 9.69 Å².